The molecule has 0 bridgehead atoms. The van der Waals surface area contributed by atoms with Crippen LogP contribution in [0.2, 0.25) is 0 Å². The van der Waals surface area contributed by atoms with Gasteiger partial charge in [0.2, 0.25) is 0 Å². The number of aryl methyl sites for hydroxylation is 1. The predicted molar refractivity (Wildman–Crippen MR) is 109 cm³/mol. The number of carbonyl (C=O) groups excluding carboxylic acids is 1. The average molecular weight is 374 g/mol. The van der Waals surface area contributed by atoms with Gasteiger partial charge in [-0.3, -0.25) is 4.79 Å². The zero-order valence-electron chi connectivity index (χ0n) is 15.7. The lowest BCUT2D eigenvalue weighted by Crippen LogP contribution is -2.49. The third-order valence-electron chi connectivity index (χ3n) is 4.84. The number of pyridine rings is 1. The van der Waals surface area contributed by atoms with Crippen LogP contribution >= 0.6 is 0 Å². The predicted octanol–water partition coefficient (Wildman–Crippen LogP) is 2.89. The summed E-state index contributed by atoms with van der Waals surface area (Å²) >= 11 is 0. The number of carbonyl (C=O) groups is 1. The van der Waals surface area contributed by atoms with Crippen molar-refractivity contribution in [1.29, 1.82) is 0 Å². The number of piperazine rings is 1. The lowest BCUT2D eigenvalue weighted by atomic mass is 10.1. The molecule has 0 atom stereocenters. The molecule has 2 aromatic heterocycles. The van der Waals surface area contributed by atoms with Crippen LogP contribution in [-0.2, 0) is 0 Å². The minimum atomic E-state index is 0.0961. The van der Waals surface area contributed by atoms with Crippen LogP contribution in [0.4, 0.5) is 17.5 Å². The highest BCUT2D eigenvalue weighted by Gasteiger charge is 2.23. The number of amides is 1. The highest BCUT2D eigenvalue weighted by molar-refractivity contribution is 5.95. The van der Waals surface area contributed by atoms with Gasteiger partial charge in [0.25, 0.3) is 5.91 Å². The summed E-state index contributed by atoms with van der Waals surface area (Å²) in [5, 5.41) is 11.7. The van der Waals surface area contributed by atoms with Crippen LogP contribution in [0, 0.1) is 6.92 Å². The molecule has 0 aliphatic carbocycles. The molecule has 1 aromatic carbocycles. The van der Waals surface area contributed by atoms with Crippen LogP contribution in [0.3, 0.4) is 0 Å². The minimum absolute atomic E-state index is 0.0961. The maximum Gasteiger partial charge on any atom is 0.254 e. The SMILES string of the molecule is Cc1ccccc1C(=O)N1CCN(c2ccc(Nc3ccccn3)nn2)CC1. The van der Waals surface area contributed by atoms with Gasteiger partial charge < -0.3 is 15.1 Å². The average Bonchev–Trinajstić information content (AvgIpc) is 2.75. The summed E-state index contributed by atoms with van der Waals surface area (Å²) in [6, 6.07) is 17.2. The smallest absolute Gasteiger partial charge is 0.254 e. The second kappa shape index (κ2) is 8.04. The molecule has 0 spiro atoms. The van der Waals surface area contributed by atoms with E-state index in [1.54, 1.807) is 6.20 Å². The van der Waals surface area contributed by atoms with Gasteiger partial charge in [0, 0.05) is 37.9 Å². The molecule has 28 heavy (non-hydrogen) atoms. The van der Waals surface area contributed by atoms with E-state index in [4.69, 9.17) is 0 Å². The normalized spacial score (nSPS) is 14.0. The van der Waals surface area contributed by atoms with Crippen LogP contribution < -0.4 is 10.2 Å². The number of benzene rings is 1. The molecular formula is C21H22N6O. The lowest BCUT2D eigenvalue weighted by molar-refractivity contribution is 0.0745. The Bertz CT molecular complexity index is 937. The molecule has 7 nitrogen and oxygen atoms in total. The molecule has 0 unspecified atom stereocenters. The number of nitrogens with zero attached hydrogens (tertiary/aromatic N) is 5. The molecule has 1 fully saturated rings. The largest absolute Gasteiger partial charge is 0.352 e. The molecule has 142 valence electrons. The Morgan fingerprint density at radius 1 is 0.893 bits per heavy atom. The third-order valence-corrected chi connectivity index (χ3v) is 4.84. The van der Waals surface area contributed by atoms with Crippen molar-refractivity contribution in [2.45, 2.75) is 6.92 Å². The van der Waals surface area contributed by atoms with Gasteiger partial charge in [0.1, 0.15) is 5.82 Å². The van der Waals surface area contributed by atoms with E-state index in [-0.39, 0.29) is 5.91 Å². The van der Waals surface area contributed by atoms with E-state index >= 15 is 0 Å². The summed E-state index contributed by atoms with van der Waals surface area (Å²) in [7, 11) is 0. The lowest BCUT2D eigenvalue weighted by Gasteiger charge is -2.35. The third kappa shape index (κ3) is 3.93. The van der Waals surface area contributed by atoms with Gasteiger partial charge in [-0.2, -0.15) is 0 Å². The van der Waals surface area contributed by atoms with E-state index in [9.17, 15) is 4.79 Å². The van der Waals surface area contributed by atoms with Gasteiger partial charge in [-0.25, -0.2) is 4.98 Å². The summed E-state index contributed by atoms with van der Waals surface area (Å²) in [6.45, 7) is 4.78. The minimum Gasteiger partial charge on any atom is -0.352 e. The van der Waals surface area contributed by atoms with Crippen molar-refractivity contribution in [3.05, 3.63) is 71.9 Å². The molecule has 1 aliphatic heterocycles. The molecule has 1 aliphatic rings. The van der Waals surface area contributed by atoms with Crippen molar-refractivity contribution in [3.8, 4) is 0 Å². The molecule has 0 radical (unpaired) electrons. The molecule has 0 saturated carbocycles. The second-order valence-electron chi connectivity index (χ2n) is 6.71. The highest BCUT2D eigenvalue weighted by atomic mass is 16.2. The zero-order chi connectivity index (χ0) is 19.3. The van der Waals surface area contributed by atoms with E-state index in [0.29, 0.717) is 18.9 Å². The fraction of sp³-hybridized carbons (Fsp3) is 0.238. The maximum absolute atomic E-state index is 12.7. The number of rotatable bonds is 4. The molecule has 3 heterocycles. The topological polar surface area (TPSA) is 74.2 Å². The van der Waals surface area contributed by atoms with Crippen molar-refractivity contribution in [2.75, 3.05) is 36.4 Å². The number of aromatic nitrogens is 3. The van der Waals surface area contributed by atoms with E-state index < -0.39 is 0 Å². The van der Waals surface area contributed by atoms with Gasteiger partial charge in [-0.15, -0.1) is 10.2 Å². The van der Waals surface area contributed by atoms with E-state index in [0.717, 1.165) is 35.9 Å². The Labute approximate surface area is 164 Å². The summed E-state index contributed by atoms with van der Waals surface area (Å²) in [6.07, 6.45) is 1.72. The molecular weight excluding hydrogens is 352 g/mol. The van der Waals surface area contributed by atoms with E-state index in [2.05, 4.69) is 25.4 Å². The summed E-state index contributed by atoms with van der Waals surface area (Å²) < 4.78 is 0. The van der Waals surface area contributed by atoms with Crippen LogP contribution in [-0.4, -0.2) is 52.2 Å². The standard InChI is InChI=1S/C21H22N6O/c1-16-6-2-3-7-17(16)21(28)27-14-12-26(13-15-27)20-10-9-19(24-25-20)23-18-8-4-5-11-22-18/h2-11H,12-15H2,1H3,(H,22,23,24). The van der Waals surface area contributed by atoms with Crippen LogP contribution in [0.25, 0.3) is 0 Å². The van der Waals surface area contributed by atoms with Gasteiger partial charge >= 0.3 is 0 Å². The van der Waals surface area contributed by atoms with Crippen LogP contribution in [0.5, 0.6) is 0 Å². The Balaban J connectivity index is 1.36. The van der Waals surface area contributed by atoms with Crippen molar-refractivity contribution >= 4 is 23.4 Å². The summed E-state index contributed by atoms with van der Waals surface area (Å²) in [5.41, 5.74) is 1.79. The number of nitrogens with one attached hydrogen (secondary N) is 1. The van der Waals surface area contributed by atoms with Gasteiger partial charge in [0.15, 0.2) is 11.6 Å². The van der Waals surface area contributed by atoms with Crippen molar-refractivity contribution < 1.29 is 4.79 Å². The fourth-order valence-corrected chi connectivity index (χ4v) is 3.25. The quantitative estimate of drug-likeness (QED) is 0.757. The number of hydrogen-bond acceptors (Lipinski definition) is 6. The Morgan fingerprint density at radius 3 is 2.36 bits per heavy atom. The maximum atomic E-state index is 12.7. The first-order chi connectivity index (χ1) is 13.7. The summed E-state index contributed by atoms with van der Waals surface area (Å²) in [5.74, 6) is 2.29. The molecule has 1 saturated heterocycles. The number of anilines is 3. The first kappa shape index (κ1) is 17.9. The number of hydrogen-bond donors (Lipinski definition) is 1. The molecule has 1 amide bonds. The monoisotopic (exact) mass is 374 g/mol. The molecule has 3 aromatic rings. The summed E-state index contributed by atoms with van der Waals surface area (Å²) in [4.78, 5) is 21.0. The van der Waals surface area contributed by atoms with Gasteiger partial charge in [-0.1, -0.05) is 24.3 Å². The Morgan fingerprint density at radius 2 is 1.68 bits per heavy atom. The van der Waals surface area contributed by atoms with Crippen molar-refractivity contribution in [2.24, 2.45) is 0 Å². The van der Waals surface area contributed by atoms with Crippen LogP contribution in [0.1, 0.15) is 15.9 Å². The Hall–Kier alpha value is -3.48. The highest BCUT2D eigenvalue weighted by Crippen LogP contribution is 2.18. The molecule has 1 N–H and O–H groups in total. The Kier molecular flexibility index (Phi) is 5.14. The van der Waals surface area contributed by atoms with Gasteiger partial charge in [0.05, 0.1) is 0 Å². The van der Waals surface area contributed by atoms with E-state index in [1.165, 1.54) is 0 Å². The first-order valence-electron chi connectivity index (χ1n) is 9.32. The fourth-order valence-electron chi connectivity index (χ4n) is 3.25. The van der Waals surface area contributed by atoms with Crippen molar-refractivity contribution in [1.82, 2.24) is 20.1 Å². The molecule has 4 rings (SSSR count). The zero-order valence-corrected chi connectivity index (χ0v) is 15.7. The van der Waals surface area contributed by atoms with E-state index in [1.807, 2.05) is 66.4 Å². The van der Waals surface area contributed by atoms with Crippen molar-refractivity contribution in [3.63, 3.8) is 0 Å². The first-order valence-corrected chi connectivity index (χ1v) is 9.32. The molecule has 7 heteroatoms. The second-order valence-corrected chi connectivity index (χ2v) is 6.71. The van der Waals surface area contributed by atoms with Crippen LogP contribution in [0.15, 0.2) is 60.8 Å². The van der Waals surface area contributed by atoms with Gasteiger partial charge in [-0.05, 0) is 42.8 Å².